The third kappa shape index (κ3) is 5.73. The maximum Gasteiger partial charge on any atom is 0.320 e. The monoisotopic (exact) mass is 315 g/mol. The lowest BCUT2D eigenvalue weighted by Crippen LogP contribution is -2.29. The van der Waals surface area contributed by atoms with Gasteiger partial charge in [0.25, 0.3) is 0 Å². The van der Waals surface area contributed by atoms with Gasteiger partial charge in [-0.1, -0.05) is 12.1 Å². The van der Waals surface area contributed by atoms with Gasteiger partial charge in [-0.2, -0.15) is 0 Å². The molecule has 0 fully saturated rings. The molecule has 1 rings (SSSR count). The molecule has 1 unspecified atom stereocenters. The maximum absolute atomic E-state index is 11.9. The number of carbonyl (C=O) groups is 1. The highest BCUT2D eigenvalue weighted by Crippen LogP contribution is 2.19. The van der Waals surface area contributed by atoms with Gasteiger partial charge in [-0.3, -0.25) is 4.79 Å². The van der Waals surface area contributed by atoms with E-state index in [0.717, 1.165) is 11.3 Å². The first kappa shape index (κ1) is 17.5. The standard InChI is InChI=1S/C14H21NO5S/c1-4-20-12-7-5-11(6-8-12)13(15-2)9-21(17,18)10-14(16)19-3/h5-8,13,15H,4,9-10H2,1-3H3. The fourth-order valence-corrected chi connectivity index (χ4v) is 3.32. The average Bonchev–Trinajstić information content (AvgIpc) is 2.45. The summed E-state index contributed by atoms with van der Waals surface area (Å²) >= 11 is 0. The van der Waals surface area contributed by atoms with Crippen LogP contribution < -0.4 is 10.1 Å². The van der Waals surface area contributed by atoms with Crippen molar-refractivity contribution in [2.24, 2.45) is 0 Å². The van der Waals surface area contributed by atoms with Gasteiger partial charge in [0, 0.05) is 6.04 Å². The summed E-state index contributed by atoms with van der Waals surface area (Å²) < 4.78 is 33.6. The minimum atomic E-state index is -3.54. The molecule has 0 spiro atoms. The number of rotatable bonds is 8. The largest absolute Gasteiger partial charge is 0.494 e. The van der Waals surface area contributed by atoms with Gasteiger partial charge in [0.05, 0.1) is 19.5 Å². The lowest BCUT2D eigenvalue weighted by Gasteiger charge is -2.17. The molecule has 6 nitrogen and oxygen atoms in total. The van der Waals surface area contributed by atoms with Gasteiger partial charge in [-0.05, 0) is 31.7 Å². The van der Waals surface area contributed by atoms with Crippen LogP contribution in [-0.2, 0) is 19.4 Å². The lowest BCUT2D eigenvalue weighted by atomic mass is 10.1. The van der Waals surface area contributed by atoms with Crippen molar-refractivity contribution in [2.45, 2.75) is 13.0 Å². The summed E-state index contributed by atoms with van der Waals surface area (Å²) in [6.07, 6.45) is 0. The molecule has 0 amide bonds. The Morgan fingerprint density at radius 3 is 2.38 bits per heavy atom. The normalized spacial score (nSPS) is 12.7. The molecule has 1 aromatic carbocycles. The Balaban J connectivity index is 2.80. The minimum absolute atomic E-state index is 0.174. The van der Waals surface area contributed by atoms with Gasteiger partial charge in [0.15, 0.2) is 9.84 Å². The van der Waals surface area contributed by atoms with E-state index in [4.69, 9.17) is 4.74 Å². The van der Waals surface area contributed by atoms with Gasteiger partial charge in [0.2, 0.25) is 0 Å². The summed E-state index contributed by atoms with van der Waals surface area (Å²) in [7, 11) is -0.699. The van der Waals surface area contributed by atoms with Gasteiger partial charge in [-0.25, -0.2) is 8.42 Å². The molecule has 1 atom stereocenters. The summed E-state index contributed by atoms with van der Waals surface area (Å²) in [6.45, 7) is 2.46. The van der Waals surface area contributed by atoms with Crippen LogP contribution in [0.15, 0.2) is 24.3 Å². The van der Waals surface area contributed by atoms with Crippen molar-refractivity contribution in [1.82, 2.24) is 5.32 Å². The summed E-state index contributed by atoms with van der Waals surface area (Å²) in [5.74, 6) is -0.810. The Labute approximate surface area is 125 Å². The summed E-state index contributed by atoms with van der Waals surface area (Å²) in [4.78, 5) is 11.1. The predicted octanol–water partition coefficient (Wildman–Crippen LogP) is 0.934. The molecule has 0 heterocycles. The summed E-state index contributed by atoms with van der Waals surface area (Å²) in [5, 5.41) is 2.95. The first-order valence-corrected chi connectivity index (χ1v) is 8.41. The average molecular weight is 315 g/mol. The molecule has 21 heavy (non-hydrogen) atoms. The highest BCUT2D eigenvalue weighted by atomic mass is 32.2. The molecule has 0 saturated heterocycles. The van der Waals surface area contributed by atoms with Crippen LogP contribution in [-0.4, -0.2) is 46.7 Å². The van der Waals surface area contributed by atoms with E-state index in [9.17, 15) is 13.2 Å². The van der Waals surface area contributed by atoms with Crippen molar-refractivity contribution in [3.8, 4) is 5.75 Å². The minimum Gasteiger partial charge on any atom is -0.494 e. The second-order valence-electron chi connectivity index (χ2n) is 4.47. The highest BCUT2D eigenvalue weighted by Gasteiger charge is 2.23. The van der Waals surface area contributed by atoms with E-state index in [1.54, 1.807) is 31.3 Å². The van der Waals surface area contributed by atoms with Gasteiger partial charge in [0.1, 0.15) is 11.5 Å². The van der Waals surface area contributed by atoms with Crippen LogP contribution in [0.25, 0.3) is 0 Å². The number of sulfone groups is 1. The van der Waals surface area contributed by atoms with E-state index in [1.165, 1.54) is 7.11 Å². The topological polar surface area (TPSA) is 81.7 Å². The van der Waals surface area contributed by atoms with Crippen LogP contribution in [0.1, 0.15) is 18.5 Å². The summed E-state index contributed by atoms with van der Waals surface area (Å²) in [6, 6.07) is 6.79. The Hall–Kier alpha value is -1.60. The second kappa shape index (κ2) is 7.99. The van der Waals surface area contributed by atoms with Crippen molar-refractivity contribution in [3.05, 3.63) is 29.8 Å². The van der Waals surface area contributed by atoms with Gasteiger partial charge >= 0.3 is 5.97 Å². The third-order valence-corrected chi connectivity index (χ3v) is 4.44. The summed E-state index contributed by atoms with van der Waals surface area (Å²) in [5.41, 5.74) is 0.814. The van der Waals surface area contributed by atoms with E-state index < -0.39 is 27.6 Å². The van der Waals surface area contributed by atoms with Crippen molar-refractivity contribution in [1.29, 1.82) is 0 Å². The van der Waals surface area contributed by atoms with Crippen molar-refractivity contribution in [3.63, 3.8) is 0 Å². The Kier molecular flexibility index (Phi) is 6.64. The van der Waals surface area contributed by atoms with Gasteiger partial charge in [-0.15, -0.1) is 0 Å². The molecule has 1 aromatic rings. The number of methoxy groups -OCH3 is 1. The van der Waals surface area contributed by atoms with E-state index in [2.05, 4.69) is 10.1 Å². The van der Waals surface area contributed by atoms with E-state index in [0.29, 0.717) is 6.61 Å². The number of esters is 1. The zero-order chi connectivity index (χ0) is 15.9. The number of benzene rings is 1. The smallest absolute Gasteiger partial charge is 0.320 e. The second-order valence-corrected chi connectivity index (χ2v) is 6.58. The maximum atomic E-state index is 11.9. The SMILES string of the molecule is CCOc1ccc(C(CS(=O)(=O)CC(=O)OC)NC)cc1. The lowest BCUT2D eigenvalue weighted by molar-refractivity contribution is -0.137. The van der Waals surface area contributed by atoms with E-state index >= 15 is 0 Å². The molecule has 0 bridgehead atoms. The molecule has 7 heteroatoms. The van der Waals surface area contributed by atoms with E-state index in [-0.39, 0.29) is 5.75 Å². The van der Waals surface area contributed by atoms with Crippen molar-refractivity contribution >= 4 is 15.8 Å². The van der Waals surface area contributed by atoms with Crippen LogP contribution in [0.5, 0.6) is 5.75 Å². The van der Waals surface area contributed by atoms with Crippen LogP contribution in [0, 0.1) is 0 Å². The van der Waals surface area contributed by atoms with Crippen LogP contribution >= 0.6 is 0 Å². The van der Waals surface area contributed by atoms with E-state index in [1.807, 2.05) is 6.92 Å². The fourth-order valence-electron chi connectivity index (χ4n) is 1.86. The number of nitrogens with one attached hydrogen (secondary N) is 1. The molecule has 0 saturated carbocycles. The first-order valence-electron chi connectivity index (χ1n) is 6.59. The molecule has 0 aliphatic heterocycles. The number of hydrogen-bond donors (Lipinski definition) is 1. The number of ether oxygens (including phenoxy) is 2. The van der Waals surface area contributed by atoms with Crippen LogP contribution in [0.4, 0.5) is 0 Å². The highest BCUT2D eigenvalue weighted by molar-refractivity contribution is 7.92. The van der Waals surface area contributed by atoms with Crippen molar-refractivity contribution in [2.75, 3.05) is 32.3 Å². The number of carbonyl (C=O) groups excluding carboxylic acids is 1. The van der Waals surface area contributed by atoms with Gasteiger partial charge < -0.3 is 14.8 Å². The quantitative estimate of drug-likeness (QED) is 0.719. The number of hydrogen-bond acceptors (Lipinski definition) is 6. The molecular weight excluding hydrogens is 294 g/mol. The van der Waals surface area contributed by atoms with Crippen LogP contribution in [0.2, 0.25) is 0 Å². The van der Waals surface area contributed by atoms with Crippen molar-refractivity contribution < 1.29 is 22.7 Å². The molecule has 0 aliphatic carbocycles. The zero-order valence-corrected chi connectivity index (χ0v) is 13.3. The fraction of sp³-hybridized carbons (Fsp3) is 0.500. The molecule has 0 radical (unpaired) electrons. The predicted molar refractivity (Wildman–Crippen MR) is 80.1 cm³/mol. The van der Waals surface area contributed by atoms with Crippen LogP contribution in [0.3, 0.4) is 0 Å². The molecule has 1 N–H and O–H groups in total. The Bertz CT molecular complexity index is 553. The Morgan fingerprint density at radius 2 is 1.90 bits per heavy atom. The molecule has 118 valence electrons. The zero-order valence-electron chi connectivity index (χ0n) is 12.5. The third-order valence-electron chi connectivity index (χ3n) is 2.93. The molecular formula is C14H21NO5S. The Morgan fingerprint density at radius 1 is 1.29 bits per heavy atom. The molecule has 0 aliphatic rings. The first-order chi connectivity index (χ1) is 9.91. The molecule has 0 aromatic heterocycles.